The van der Waals surface area contributed by atoms with Crippen molar-refractivity contribution in [3.63, 3.8) is 0 Å². The minimum atomic E-state index is -0.239. The molecule has 2 aromatic carbocycles. The fourth-order valence-electron chi connectivity index (χ4n) is 2.09. The average Bonchev–Trinajstić information content (AvgIpc) is 3.03. The zero-order chi connectivity index (χ0) is 16.9. The summed E-state index contributed by atoms with van der Waals surface area (Å²) in [5, 5.41) is 5.24. The average molecular weight is 403 g/mol. The van der Waals surface area contributed by atoms with Crippen molar-refractivity contribution in [1.82, 2.24) is 4.98 Å². The molecule has 0 saturated heterocycles. The van der Waals surface area contributed by atoms with Crippen LogP contribution in [0.2, 0.25) is 0 Å². The van der Waals surface area contributed by atoms with Gasteiger partial charge < -0.3 is 4.74 Å². The van der Waals surface area contributed by atoms with E-state index in [4.69, 9.17) is 4.74 Å². The third-order valence-electron chi connectivity index (χ3n) is 3.27. The van der Waals surface area contributed by atoms with E-state index in [1.165, 1.54) is 11.3 Å². The highest BCUT2D eigenvalue weighted by Gasteiger charge is 2.09. The second-order valence-corrected chi connectivity index (χ2v) is 6.89. The third-order valence-corrected chi connectivity index (χ3v) is 4.64. The quantitative estimate of drug-likeness (QED) is 0.660. The lowest BCUT2D eigenvalue weighted by molar-refractivity contribution is -0.118. The van der Waals surface area contributed by atoms with Gasteiger partial charge in [-0.2, -0.15) is 0 Å². The number of anilines is 1. The van der Waals surface area contributed by atoms with Gasteiger partial charge in [0.2, 0.25) is 0 Å². The number of carbonyl (C=O) groups is 1. The number of aromatic nitrogens is 1. The largest absolute Gasteiger partial charge is 0.483 e. The maximum absolute atomic E-state index is 12.0. The van der Waals surface area contributed by atoms with Crippen LogP contribution in [0.5, 0.6) is 5.75 Å². The number of benzene rings is 2. The van der Waals surface area contributed by atoms with Crippen molar-refractivity contribution in [3.05, 3.63) is 63.9 Å². The molecular weight excluding hydrogens is 388 g/mol. The Morgan fingerprint density at radius 3 is 2.79 bits per heavy atom. The molecule has 0 aliphatic carbocycles. The van der Waals surface area contributed by atoms with Crippen LogP contribution >= 0.6 is 27.3 Å². The highest BCUT2D eigenvalue weighted by atomic mass is 79.9. The first-order valence-corrected chi connectivity index (χ1v) is 8.99. The van der Waals surface area contributed by atoms with Gasteiger partial charge in [-0.15, -0.1) is 11.3 Å². The second kappa shape index (κ2) is 7.59. The van der Waals surface area contributed by atoms with Gasteiger partial charge >= 0.3 is 0 Å². The number of rotatable bonds is 5. The van der Waals surface area contributed by atoms with E-state index in [2.05, 4.69) is 26.2 Å². The van der Waals surface area contributed by atoms with Gasteiger partial charge in [-0.1, -0.05) is 36.4 Å². The summed E-state index contributed by atoms with van der Waals surface area (Å²) in [7, 11) is 0. The maximum atomic E-state index is 12.0. The molecular formula is C18H15BrN2O2S. The number of thiazole rings is 1. The van der Waals surface area contributed by atoms with E-state index < -0.39 is 0 Å². The summed E-state index contributed by atoms with van der Waals surface area (Å²) < 4.78 is 6.36. The van der Waals surface area contributed by atoms with Crippen molar-refractivity contribution in [2.45, 2.75) is 6.92 Å². The van der Waals surface area contributed by atoms with Crippen LogP contribution in [0.4, 0.5) is 5.13 Å². The smallest absolute Gasteiger partial charge is 0.264 e. The number of nitrogens with zero attached hydrogens (tertiary/aromatic N) is 1. The lowest BCUT2D eigenvalue weighted by Gasteiger charge is -2.08. The minimum Gasteiger partial charge on any atom is -0.483 e. The summed E-state index contributed by atoms with van der Waals surface area (Å²) in [5.41, 5.74) is 2.99. The maximum Gasteiger partial charge on any atom is 0.264 e. The Balaban J connectivity index is 1.58. The highest BCUT2D eigenvalue weighted by Crippen LogP contribution is 2.26. The van der Waals surface area contributed by atoms with Gasteiger partial charge in [0, 0.05) is 10.9 Å². The topological polar surface area (TPSA) is 51.2 Å². The van der Waals surface area contributed by atoms with E-state index >= 15 is 0 Å². The lowest BCUT2D eigenvalue weighted by atomic mass is 10.2. The van der Waals surface area contributed by atoms with Crippen LogP contribution in [0.3, 0.4) is 0 Å². The minimum absolute atomic E-state index is 0.0675. The monoisotopic (exact) mass is 402 g/mol. The third kappa shape index (κ3) is 4.21. The lowest BCUT2D eigenvalue weighted by Crippen LogP contribution is -2.20. The Hall–Kier alpha value is -2.18. The molecule has 3 rings (SSSR count). The van der Waals surface area contributed by atoms with Crippen molar-refractivity contribution >= 4 is 38.3 Å². The van der Waals surface area contributed by atoms with Gasteiger partial charge in [0.25, 0.3) is 5.91 Å². The van der Waals surface area contributed by atoms with Crippen LogP contribution in [-0.2, 0) is 4.79 Å². The van der Waals surface area contributed by atoms with E-state index in [9.17, 15) is 4.79 Å². The van der Waals surface area contributed by atoms with Gasteiger partial charge in [0.15, 0.2) is 11.7 Å². The zero-order valence-electron chi connectivity index (χ0n) is 13.0. The van der Waals surface area contributed by atoms with Gasteiger partial charge in [0.1, 0.15) is 5.75 Å². The fourth-order valence-corrected chi connectivity index (χ4v) is 3.44. The number of hydrogen-bond acceptors (Lipinski definition) is 4. The molecule has 0 spiro atoms. The Morgan fingerprint density at radius 1 is 1.25 bits per heavy atom. The van der Waals surface area contributed by atoms with Crippen LogP contribution in [0.15, 0.2) is 58.4 Å². The molecule has 1 heterocycles. The molecule has 1 amide bonds. The van der Waals surface area contributed by atoms with Gasteiger partial charge in [-0.3, -0.25) is 10.1 Å². The summed E-state index contributed by atoms with van der Waals surface area (Å²) in [5.74, 6) is 0.399. The van der Waals surface area contributed by atoms with E-state index in [1.807, 2.05) is 60.8 Å². The van der Waals surface area contributed by atoms with Crippen LogP contribution < -0.4 is 10.1 Å². The number of halogens is 1. The van der Waals surface area contributed by atoms with Crippen molar-refractivity contribution in [3.8, 4) is 17.0 Å². The van der Waals surface area contributed by atoms with E-state index in [0.29, 0.717) is 10.9 Å². The van der Waals surface area contributed by atoms with E-state index in [0.717, 1.165) is 21.3 Å². The standard InChI is InChI=1S/C18H15BrN2O2S/c1-12-7-8-16(14(19)9-12)23-10-17(22)21-18-20-15(11-24-18)13-5-3-2-4-6-13/h2-9,11H,10H2,1H3,(H,20,21,22). The first-order valence-electron chi connectivity index (χ1n) is 7.31. The molecule has 122 valence electrons. The summed E-state index contributed by atoms with van der Waals surface area (Å²) in [6, 6.07) is 15.6. The van der Waals surface area contributed by atoms with Crippen LogP contribution in [0, 0.1) is 6.92 Å². The summed E-state index contributed by atoms with van der Waals surface area (Å²) >= 11 is 4.82. The van der Waals surface area contributed by atoms with E-state index in [-0.39, 0.29) is 12.5 Å². The first kappa shape index (κ1) is 16.7. The van der Waals surface area contributed by atoms with Crippen molar-refractivity contribution in [2.75, 3.05) is 11.9 Å². The Morgan fingerprint density at radius 2 is 2.04 bits per heavy atom. The summed E-state index contributed by atoms with van der Waals surface area (Å²) in [6.07, 6.45) is 0. The zero-order valence-corrected chi connectivity index (χ0v) is 15.4. The number of ether oxygens (including phenoxy) is 1. The summed E-state index contributed by atoms with van der Waals surface area (Å²) in [6.45, 7) is 1.93. The predicted octanol–water partition coefficient (Wildman–Crippen LogP) is 4.90. The van der Waals surface area contributed by atoms with Crippen molar-refractivity contribution in [2.24, 2.45) is 0 Å². The van der Waals surface area contributed by atoms with Gasteiger partial charge in [-0.25, -0.2) is 4.98 Å². The number of hydrogen-bond donors (Lipinski definition) is 1. The van der Waals surface area contributed by atoms with Gasteiger partial charge in [0.05, 0.1) is 10.2 Å². The van der Waals surface area contributed by atoms with Crippen molar-refractivity contribution < 1.29 is 9.53 Å². The normalized spacial score (nSPS) is 10.4. The number of aryl methyl sites for hydroxylation is 1. The Bertz CT molecular complexity index is 849. The molecule has 4 nitrogen and oxygen atoms in total. The Labute approximate surface area is 152 Å². The number of nitrogens with one attached hydrogen (secondary N) is 1. The first-order chi connectivity index (χ1) is 11.6. The SMILES string of the molecule is Cc1ccc(OCC(=O)Nc2nc(-c3ccccc3)cs2)c(Br)c1. The molecule has 1 N–H and O–H groups in total. The highest BCUT2D eigenvalue weighted by molar-refractivity contribution is 9.10. The number of amides is 1. The van der Waals surface area contributed by atoms with Crippen LogP contribution in [0.1, 0.15) is 5.56 Å². The molecule has 0 fully saturated rings. The van der Waals surface area contributed by atoms with Crippen LogP contribution in [-0.4, -0.2) is 17.5 Å². The summed E-state index contributed by atoms with van der Waals surface area (Å²) in [4.78, 5) is 16.5. The van der Waals surface area contributed by atoms with Gasteiger partial charge in [-0.05, 0) is 40.5 Å². The van der Waals surface area contributed by atoms with Crippen molar-refractivity contribution in [1.29, 1.82) is 0 Å². The Kier molecular flexibility index (Phi) is 5.27. The molecule has 0 bridgehead atoms. The van der Waals surface area contributed by atoms with Crippen LogP contribution in [0.25, 0.3) is 11.3 Å². The predicted molar refractivity (Wildman–Crippen MR) is 101 cm³/mol. The molecule has 0 unspecified atom stereocenters. The molecule has 0 radical (unpaired) electrons. The second-order valence-electron chi connectivity index (χ2n) is 5.17. The fraction of sp³-hybridized carbons (Fsp3) is 0.111. The molecule has 0 saturated carbocycles. The molecule has 0 atom stereocenters. The number of carbonyl (C=O) groups excluding carboxylic acids is 1. The molecule has 0 aliphatic rings. The van der Waals surface area contributed by atoms with E-state index in [1.54, 1.807) is 0 Å². The molecule has 24 heavy (non-hydrogen) atoms. The molecule has 0 aliphatic heterocycles. The molecule has 6 heteroatoms. The molecule has 1 aromatic heterocycles. The molecule has 3 aromatic rings.